The quantitative estimate of drug-likeness (QED) is 0.601. The van der Waals surface area contributed by atoms with E-state index in [2.05, 4.69) is 49.7 Å². The van der Waals surface area contributed by atoms with Crippen LogP contribution in [0.3, 0.4) is 0 Å². The normalized spacial score (nSPS) is 12.3. The van der Waals surface area contributed by atoms with Crippen molar-refractivity contribution in [3.63, 3.8) is 0 Å². The lowest BCUT2D eigenvalue weighted by atomic mass is 10.0. The van der Waals surface area contributed by atoms with Crippen LogP contribution in [0.5, 0.6) is 0 Å². The molecule has 1 heterocycles. The van der Waals surface area contributed by atoms with E-state index in [4.69, 9.17) is 5.73 Å². The fourth-order valence-electron chi connectivity index (χ4n) is 2.15. The number of hydrogen-bond acceptors (Lipinski definition) is 2. The molecule has 0 aliphatic heterocycles. The molecule has 3 nitrogen and oxygen atoms in total. The minimum absolute atomic E-state index is 0.202. The number of nitrogens with zero attached hydrogens (tertiary/aromatic N) is 2. The molecule has 0 amide bonds. The van der Waals surface area contributed by atoms with Crippen LogP contribution in [0, 0.1) is 3.57 Å². The highest BCUT2D eigenvalue weighted by atomic mass is 127. The number of nitrogens with two attached hydrogens (primary N) is 1. The Labute approximate surface area is 145 Å². The Hall–Kier alpha value is -1.18. The van der Waals surface area contributed by atoms with Crippen molar-refractivity contribution in [3.8, 4) is 5.69 Å². The van der Waals surface area contributed by atoms with Crippen LogP contribution in [0.2, 0.25) is 0 Å². The molecule has 3 rings (SSSR count). The smallest absolute Gasteiger partial charge is 0.0645 e. The first-order chi connectivity index (χ1) is 10.1. The molecule has 5 heteroatoms. The van der Waals surface area contributed by atoms with Crippen molar-refractivity contribution in [1.82, 2.24) is 9.78 Å². The molecule has 0 spiro atoms. The van der Waals surface area contributed by atoms with Gasteiger partial charge >= 0.3 is 0 Å². The molecular formula is C16H13BrIN3. The summed E-state index contributed by atoms with van der Waals surface area (Å²) in [5.41, 5.74) is 9.47. The summed E-state index contributed by atoms with van der Waals surface area (Å²) < 4.78 is 4.02. The van der Waals surface area contributed by atoms with Gasteiger partial charge in [-0.2, -0.15) is 5.10 Å². The van der Waals surface area contributed by atoms with Crippen LogP contribution in [0.1, 0.15) is 17.2 Å². The second kappa shape index (κ2) is 6.29. The number of benzene rings is 2. The molecule has 1 atom stereocenters. The Morgan fingerprint density at radius 1 is 1.14 bits per heavy atom. The molecule has 0 fully saturated rings. The number of aromatic nitrogens is 2. The van der Waals surface area contributed by atoms with Gasteiger partial charge in [0.15, 0.2) is 0 Å². The van der Waals surface area contributed by atoms with E-state index in [1.165, 1.54) is 0 Å². The van der Waals surface area contributed by atoms with Crippen molar-refractivity contribution >= 4 is 38.5 Å². The van der Waals surface area contributed by atoms with Crippen LogP contribution in [-0.2, 0) is 0 Å². The van der Waals surface area contributed by atoms with Gasteiger partial charge in [0.2, 0.25) is 0 Å². The highest BCUT2D eigenvalue weighted by Gasteiger charge is 2.15. The summed E-state index contributed by atoms with van der Waals surface area (Å²) in [5, 5.41) is 4.40. The van der Waals surface area contributed by atoms with Gasteiger partial charge in [0.1, 0.15) is 0 Å². The molecule has 0 radical (unpaired) electrons. The Bertz CT molecular complexity index is 755. The van der Waals surface area contributed by atoms with E-state index in [9.17, 15) is 0 Å². The molecule has 0 aliphatic carbocycles. The topological polar surface area (TPSA) is 43.8 Å². The molecule has 2 aromatic carbocycles. The van der Waals surface area contributed by atoms with Crippen LogP contribution in [0.25, 0.3) is 5.69 Å². The second-order valence-electron chi connectivity index (χ2n) is 4.70. The van der Waals surface area contributed by atoms with Crippen LogP contribution < -0.4 is 5.73 Å². The molecule has 0 bridgehead atoms. The van der Waals surface area contributed by atoms with E-state index < -0.39 is 0 Å². The first-order valence-electron chi connectivity index (χ1n) is 6.45. The van der Waals surface area contributed by atoms with Gasteiger partial charge in [-0.15, -0.1) is 0 Å². The van der Waals surface area contributed by atoms with Gasteiger partial charge in [-0.3, -0.25) is 0 Å². The number of hydrogen-bond donors (Lipinski definition) is 1. The molecule has 0 aliphatic rings. The Morgan fingerprint density at radius 3 is 2.67 bits per heavy atom. The molecule has 1 aromatic heterocycles. The SMILES string of the molecule is NC(c1cnn(-c2ccccc2)c1)c1cc(I)ccc1Br. The predicted molar refractivity (Wildman–Crippen MR) is 96.5 cm³/mol. The molecule has 106 valence electrons. The summed E-state index contributed by atoms with van der Waals surface area (Å²) in [5.74, 6) is 0. The van der Waals surface area contributed by atoms with Gasteiger partial charge in [-0.1, -0.05) is 34.1 Å². The monoisotopic (exact) mass is 453 g/mol. The molecule has 0 saturated heterocycles. The zero-order valence-corrected chi connectivity index (χ0v) is 14.8. The van der Waals surface area contributed by atoms with E-state index in [1.54, 1.807) is 0 Å². The molecular weight excluding hydrogens is 441 g/mol. The van der Waals surface area contributed by atoms with Crippen molar-refractivity contribution in [2.45, 2.75) is 6.04 Å². The molecule has 1 unspecified atom stereocenters. The predicted octanol–water partition coefficient (Wildman–Crippen LogP) is 4.29. The summed E-state index contributed by atoms with van der Waals surface area (Å²) in [6.45, 7) is 0. The summed E-state index contributed by atoms with van der Waals surface area (Å²) in [6.07, 6.45) is 3.80. The maximum absolute atomic E-state index is 6.39. The van der Waals surface area contributed by atoms with Gasteiger partial charge in [-0.05, 0) is 58.5 Å². The van der Waals surface area contributed by atoms with E-state index in [-0.39, 0.29) is 6.04 Å². The Kier molecular flexibility index (Phi) is 4.42. The summed E-state index contributed by atoms with van der Waals surface area (Å²) in [4.78, 5) is 0. The van der Waals surface area contributed by atoms with Gasteiger partial charge in [0.25, 0.3) is 0 Å². The zero-order chi connectivity index (χ0) is 14.8. The lowest BCUT2D eigenvalue weighted by Gasteiger charge is -2.12. The summed E-state index contributed by atoms with van der Waals surface area (Å²) in [7, 11) is 0. The van der Waals surface area contributed by atoms with E-state index in [1.807, 2.05) is 59.5 Å². The molecule has 0 saturated carbocycles. The number of para-hydroxylation sites is 1. The highest BCUT2D eigenvalue weighted by molar-refractivity contribution is 14.1. The van der Waals surface area contributed by atoms with Crippen LogP contribution >= 0.6 is 38.5 Å². The van der Waals surface area contributed by atoms with Gasteiger partial charge < -0.3 is 5.73 Å². The summed E-state index contributed by atoms with van der Waals surface area (Å²) in [6, 6.07) is 16.0. The van der Waals surface area contributed by atoms with Crippen molar-refractivity contribution < 1.29 is 0 Å². The average molecular weight is 454 g/mol. The largest absolute Gasteiger partial charge is 0.320 e. The van der Waals surface area contributed by atoms with Crippen molar-refractivity contribution in [2.24, 2.45) is 5.73 Å². The van der Waals surface area contributed by atoms with Gasteiger partial charge in [-0.25, -0.2) is 4.68 Å². The van der Waals surface area contributed by atoms with Gasteiger partial charge in [0, 0.05) is 19.8 Å². The van der Waals surface area contributed by atoms with Gasteiger partial charge in [0.05, 0.1) is 17.9 Å². The van der Waals surface area contributed by atoms with Crippen LogP contribution in [0.4, 0.5) is 0 Å². The Balaban J connectivity index is 1.94. The third kappa shape index (κ3) is 3.20. The number of halogens is 2. The molecule has 2 N–H and O–H groups in total. The third-order valence-corrected chi connectivity index (χ3v) is 4.67. The highest BCUT2D eigenvalue weighted by Crippen LogP contribution is 2.28. The minimum atomic E-state index is -0.202. The van der Waals surface area contributed by atoms with Crippen molar-refractivity contribution in [2.75, 3.05) is 0 Å². The van der Waals surface area contributed by atoms with Crippen molar-refractivity contribution in [1.29, 1.82) is 0 Å². The maximum atomic E-state index is 6.39. The lowest BCUT2D eigenvalue weighted by Crippen LogP contribution is -2.12. The molecule has 3 aromatic rings. The standard InChI is InChI=1S/C16H13BrIN3/c17-15-7-6-12(18)8-14(15)16(19)11-9-20-21(10-11)13-4-2-1-3-5-13/h1-10,16H,19H2. The van der Waals surface area contributed by atoms with E-state index in [0.29, 0.717) is 0 Å². The maximum Gasteiger partial charge on any atom is 0.0645 e. The zero-order valence-electron chi connectivity index (χ0n) is 11.1. The fourth-order valence-corrected chi connectivity index (χ4v) is 3.16. The summed E-state index contributed by atoms with van der Waals surface area (Å²) >= 11 is 5.86. The van der Waals surface area contributed by atoms with E-state index in [0.717, 1.165) is 24.9 Å². The van der Waals surface area contributed by atoms with Crippen molar-refractivity contribution in [3.05, 3.63) is 80.1 Å². The fraction of sp³-hybridized carbons (Fsp3) is 0.0625. The average Bonchev–Trinajstić information content (AvgIpc) is 3.00. The first-order valence-corrected chi connectivity index (χ1v) is 8.33. The third-order valence-electron chi connectivity index (χ3n) is 3.28. The lowest BCUT2D eigenvalue weighted by molar-refractivity contribution is 0.857. The van der Waals surface area contributed by atoms with Crippen LogP contribution in [0.15, 0.2) is 65.4 Å². The Morgan fingerprint density at radius 2 is 1.90 bits per heavy atom. The van der Waals surface area contributed by atoms with E-state index >= 15 is 0 Å². The van der Waals surface area contributed by atoms with Crippen LogP contribution in [-0.4, -0.2) is 9.78 Å². The number of rotatable bonds is 3. The first kappa shape index (κ1) is 14.7. The molecule has 21 heavy (non-hydrogen) atoms. The minimum Gasteiger partial charge on any atom is -0.320 e. The second-order valence-corrected chi connectivity index (χ2v) is 6.80.